The van der Waals surface area contributed by atoms with Crippen LogP contribution in [0.25, 0.3) is 0 Å². The van der Waals surface area contributed by atoms with Crippen molar-refractivity contribution in [2.45, 2.75) is 25.2 Å². The minimum absolute atomic E-state index is 0.0689. The first-order valence-corrected chi connectivity index (χ1v) is 11.0. The number of allylic oxidation sites excluding steroid dienone is 1. The fourth-order valence-corrected chi connectivity index (χ4v) is 3.97. The average molecular weight is 533 g/mol. The van der Waals surface area contributed by atoms with Crippen LogP contribution >= 0.6 is 0 Å². The van der Waals surface area contributed by atoms with E-state index in [2.05, 4.69) is 0 Å². The van der Waals surface area contributed by atoms with Gasteiger partial charge in [0.25, 0.3) is 0 Å². The van der Waals surface area contributed by atoms with Gasteiger partial charge in [-0.05, 0) is 36.2 Å². The zero-order valence-electron chi connectivity index (χ0n) is 20.5. The van der Waals surface area contributed by atoms with Gasteiger partial charge < -0.3 is 19.9 Å². The predicted octanol–water partition coefficient (Wildman–Crippen LogP) is 4.17. The van der Waals surface area contributed by atoms with Crippen LogP contribution in [0.5, 0.6) is 5.75 Å². The molecule has 0 aliphatic carbocycles. The van der Waals surface area contributed by atoms with Crippen molar-refractivity contribution in [3.63, 3.8) is 0 Å². The van der Waals surface area contributed by atoms with E-state index < -0.39 is 36.8 Å². The number of ether oxygens (including phenoxy) is 3. The number of hydrogen-bond donors (Lipinski definition) is 1. The summed E-state index contributed by atoms with van der Waals surface area (Å²) >= 11 is 0. The van der Waals surface area contributed by atoms with Gasteiger partial charge in [0.15, 0.2) is 6.61 Å². The summed E-state index contributed by atoms with van der Waals surface area (Å²) in [6.45, 7) is -0.0604. The number of halogens is 4. The van der Waals surface area contributed by atoms with Crippen molar-refractivity contribution in [3.8, 4) is 11.8 Å². The Balaban J connectivity index is 2.22. The third-order valence-corrected chi connectivity index (χ3v) is 5.77. The molecule has 12 heteroatoms. The minimum atomic E-state index is -4.36. The average Bonchev–Trinajstić information content (AvgIpc) is 2.91. The van der Waals surface area contributed by atoms with Crippen LogP contribution in [0.1, 0.15) is 17.0 Å². The van der Waals surface area contributed by atoms with E-state index in [4.69, 9.17) is 19.9 Å². The van der Waals surface area contributed by atoms with Gasteiger partial charge in [-0.25, -0.2) is 18.4 Å². The Bertz CT molecular complexity index is 1340. The number of carbonyl (C=O) groups excluding carboxylic acids is 2. The lowest BCUT2D eigenvalue weighted by Crippen LogP contribution is -2.41. The van der Waals surface area contributed by atoms with Gasteiger partial charge in [-0.2, -0.15) is 14.0 Å². The van der Waals surface area contributed by atoms with Crippen LogP contribution in [0.4, 0.5) is 23.2 Å². The van der Waals surface area contributed by atoms with Gasteiger partial charge in [0.2, 0.25) is 0 Å². The molecule has 0 spiro atoms. The number of methoxy groups -OCH3 is 2. The molecule has 1 atom stereocenters. The van der Waals surface area contributed by atoms with E-state index >= 15 is 0 Å². The molecule has 8 nitrogen and oxygen atoms in total. The molecule has 0 bridgehead atoms. The zero-order chi connectivity index (χ0) is 28.2. The highest BCUT2D eigenvalue weighted by Crippen LogP contribution is 2.44. The summed E-state index contributed by atoms with van der Waals surface area (Å²) in [5.74, 6) is -7.69. The molecule has 1 aliphatic rings. The van der Waals surface area contributed by atoms with Gasteiger partial charge in [0.05, 0.1) is 43.0 Å². The SMILES string of the molecule is COC(=O)C1=C(C(=O)OC)N(c2ccc(OCC(F)(F)C(F)F)cc2C)C(N)=C(C#N)C1c1ccccc1. The smallest absolute Gasteiger partial charge is 0.355 e. The molecule has 0 saturated heterocycles. The Hall–Kier alpha value is -4.53. The van der Waals surface area contributed by atoms with E-state index in [1.807, 2.05) is 6.07 Å². The fourth-order valence-electron chi connectivity index (χ4n) is 3.97. The van der Waals surface area contributed by atoms with Crippen molar-refractivity contribution in [3.05, 3.63) is 82.3 Å². The number of benzene rings is 2. The Morgan fingerprint density at radius 2 is 1.74 bits per heavy atom. The maximum absolute atomic E-state index is 13.3. The van der Waals surface area contributed by atoms with Crippen LogP contribution in [-0.4, -0.2) is 45.1 Å². The van der Waals surface area contributed by atoms with E-state index in [1.165, 1.54) is 25.1 Å². The molecule has 1 unspecified atom stereocenters. The van der Waals surface area contributed by atoms with E-state index in [0.29, 0.717) is 5.56 Å². The van der Waals surface area contributed by atoms with Crippen LogP contribution in [0, 0.1) is 18.3 Å². The maximum Gasteiger partial charge on any atom is 0.355 e. The Labute approximate surface area is 215 Å². The van der Waals surface area contributed by atoms with Crippen LogP contribution in [0.15, 0.2) is 71.2 Å². The molecule has 200 valence electrons. The van der Waals surface area contributed by atoms with Crippen molar-refractivity contribution in [2.75, 3.05) is 25.7 Å². The molecule has 3 rings (SSSR count). The predicted molar refractivity (Wildman–Crippen MR) is 127 cm³/mol. The van der Waals surface area contributed by atoms with Gasteiger partial charge >= 0.3 is 24.3 Å². The molecule has 2 aromatic carbocycles. The van der Waals surface area contributed by atoms with Crippen LogP contribution in [0.3, 0.4) is 0 Å². The lowest BCUT2D eigenvalue weighted by atomic mass is 9.80. The third kappa shape index (κ3) is 5.27. The first-order chi connectivity index (χ1) is 18.0. The largest absolute Gasteiger partial charge is 0.487 e. The first-order valence-electron chi connectivity index (χ1n) is 11.0. The highest BCUT2D eigenvalue weighted by atomic mass is 19.3. The number of anilines is 1. The van der Waals surface area contributed by atoms with E-state index in [-0.39, 0.29) is 39.7 Å². The molecule has 2 aromatic rings. The van der Waals surface area contributed by atoms with Crippen LogP contribution in [-0.2, 0) is 19.1 Å². The summed E-state index contributed by atoms with van der Waals surface area (Å²) < 4.78 is 66.3. The number of rotatable bonds is 8. The van der Waals surface area contributed by atoms with Crippen molar-refractivity contribution < 1.29 is 41.4 Å². The van der Waals surface area contributed by atoms with Gasteiger partial charge in [0.1, 0.15) is 17.3 Å². The highest BCUT2D eigenvalue weighted by Gasteiger charge is 2.44. The topological polar surface area (TPSA) is 115 Å². The van der Waals surface area contributed by atoms with Gasteiger partial charge in [-0.1, -0.05) is 30.3 Å². The van der Waals surface area contributed by atoms with Crippen molar-refractivity contribution in [2.24, 2.45) is 5.73 Å². The monoisotopic (exact) mass is 533 g/mol. The summed E-state index contributed by atoms with van der Waals surface area (Å²) in [5.41, 5.74) is 6.73. The minimum Gasteiger partial charge on any atom is -0.487 e. The summed E-state index contributed by atoms with van der Waals surface area (Å²) in [6, 6.07) is 14.2. The Kier molecular flexibility index (Phi) is 8.30. The Morgan fingerprint density at radius 3 is 2.26 bits per heavy atom. The molecule has 38 heavy (non-hydrogen) atoms. The molecule has 1 aliphatic heterocycles. The van der Waals surface area contributed by atoms with Gasteiger partial charge in [-0.15, -0.1) is 0 Å². The molecular formula is C26H23F4N3O5. The quantitative estimate of drug-likeness (QED) is 0.397. The first kappa shape index (κ1) is 28.0. The normalized spacial score (nSPS) is 15.9. The molecule has 0 radical (unpaired) electrons. The van der Waals surface area contributed by atoms with Gasteiger partial charge in [-0.3, -0.25) is 4.90 Å². The van der Waals surface area contributed by atoms with Crippen LogP contribution in [0.2, 0.25) is 0 Å². The highest BCUT2D eigenvalue weighted by molar-refractivity contribution is 6.06. The molecular weight excluding hydrogens is 510 g/mol. The lowest BCUT2D eigenvalue weighted by Gasteiger charge is -2.36. The number of hydrogen-bond acceptors (Lipinski definition) is 8. The molecule has 0 fully saturated rings. The standard InChI is InChI=1S/C26H23F4N3O5/c1-14-11-16(38-13-26(29,30)25(27)28)9-10-18(14)33-21(24(35)37-3)20(23(34)36-2)19(17(12-31)22(33)32)15-7-5-4-6-8-15/h4-11,19,25H,13,32H2,1-3H3. The molecule has 0 aromatic heterocycles. The van der Waals surface area contributed by atoms with Crippen molar-refractivity contribution in [1.82, 2.24) is 0 Å². The van der Waals surface area contributed by atoms with Crippen LogP contribution < -0.4 is 15.4 Å². The molecule has 2 N–H and O–H groups in total. The summed E-state index contributed by atoms with van der Waals surface area (Å²) in [4.78, 5) is 27.3. The molecule has 0 saturated carbocycles. The third-order valence-electron chi connectivity index (χ3n) is 5.77. The number of carbonyl (C=O) groups is 2. The van der Waals surface area contributed by atoms with E-state index in [9.17, 15) is 32.4 Å². The molecule has 1 heterocycles. The second kappa shape index (κ2) is 11.2. The number of aryl methyl sites for hydroxylation is 1. The number of nitrogens with two attached hydrogens (primary N) is 1. The lowest BCUT2D eigenvalue weighted by molar-refractivity contribution is -0.148. The van der Waals surface area contributed by atoms with Crippen molar-refractivity contribution >= 4 is 17.6 Å². The van der Waals surface area contributed by atoms with Crippen molar-refractivity contribution in [1.29, 1.82) is 5.26 Å². The number of nitrogens with zero attached hydrogens (tertiary/aromatic N) is 2. The van der Waals surface area contributed by atoms with E-state index in [0.717, 1.165) is 19.1 Å². The summed E-state index contributed by atoms with van der Waals surface area (Å²) in [7, 11) is 2.20. The summed E-state index contributed by atoms with van der Waals surface area (Å²) in [5, 5.41) is 10.1. The van der Waals surface area contributed by atoms with Gasteiger partial charge in [0, 0.05) is 0 Å². The number of alkyl halides is 4. The molecule has 0 amide bonds. The number of nitriles is 1. The Morgan fingerprint density at radius 1 is 1.11 bits per heavy atom. The second-order valence-corrected chi connectivity index (χ2v) is 8.13. The number of esters is 2. The fraction of sp³-hybridized carbons (Fsp3) is 0.269. The second-order valence-electron chi connectivity index (χ2n) is 8.13. The summed E-state index contributed by atoms with van der Waals surface area (Å²) in [6.07, 6.45) is -3.91. The maximum atomic E-state index is 13.3. The zero-order valence-corrected chi connectivity index (χ0v) is 20.5. The van der Waals surface area contributed by atoms with E-state index in [1.54, 1.807) is 30.3 Å².